The fourth-order valence-electron chi connectivity index (χ4n) is 1.83. The van der Waals surface area contributed by atoms with Gasteiger partial charge in [-0.1, -0.05) is 17.3 Å². The topological polar surface area (TPSA) is 104 Å². The lowest BCUT2D eigenvalue weighted by molar-refractivity contribution is -0.0280. The molecule has 2 amide bonds. The van der Waals surface area contributed by atoms with Crippen molar-refractivity contribution in [1.82, 2.24) is 10.1 Å². The third-order valence-electron chi connectivity index (χ3n) is 2.91. The Morgan fingerprint density at radius 3 is 2.48 bits per heavy atom. The van der Waals surface area contributed by atoms with Crippen LogP contribution in [-0.2, 0) is 4.74 Å². The smallest absolute Gasteiger partial charge is 0.449 e. The van der Waals surface area contributed by atoms with Crippen molar-refractivity contribution in [3.63, 3.8) is 0 Å². The van der Waals surface area contributed by atoms with E-state index in [1.165, 1.54) is 0 Å². The summed E-state index contributed by atoms with van der Waals surface area (Å²) in [5.41, 5.74) is 0.776. The molecule has 0 bridgehead atoms. The van der Waals surface area contributed by atoms with Crippen LogP contribution in [0, 0.1) is 0 Å². The average Bonchev–Trinajstić information content (AvgIpc) is 2.53. The summed E-state index contributed by atoms with van der Waals surface area (Å²) in [7, 11) is 2.72. The van der Waals surface area contributed by atoms with Crippen LogP contribution in [0.2, 0.25) is 0 Å². The maximum absolute atomic E-state index is 11.6. The molecule has 1 aliphatic rings. The largest absolute Gasteiger partial charge is 0.497 e. The highest BCUT2D eigenvalue weighted by atomic mass is 16.6. The predicted molar refractivity (Wildman–Crippen MR) is 69.6 cm³/mol. The van der Waals surface area contributed by atoms with Crippen molar-refractivity contribution in [3.05, 3.63) is 29.8 Å². The average molecular weight is 294 g/mol. The number of nitrogens with zero attached hydrogens (tertiary/aromatic N) is 4. The molecule has 0 aliphatic carbocycles. The van der Waals surface area contributed by atoms with Crippen molar-refractivity contribution in [3.8, 4) is 5.75 Å². The normalized spacial score (nSPS) is 17.5. The maximum atomic E-state index is 11.6. The van der Waals surface area contributed by atoms with Gasteiger partial charge in [-0.2, -0.15) is 10.1 Å². The minimum absolute atomic E-state index is 0.00873. The quantitative estimate of drug-likeness (QED) is 0.899. The zero-order valence-corrected chi connectivity index (χ0v) is 11.5. The predicted octanol–water partition coefficient (Wildman–Crippen LogP) is 2.08. The zero-order valence-electron chi connectivity index (χ0n) is 11.5. The fraction of sp³-hybridized carbons (Fsp3) is 0.333. The van der Waals surface area contributed by atoms with Gasteiger partial charge in [0.05, 0.1) is 20.8 Å². The van der Waals surface area contributed by atoms with Gasteiger partial charge in [0, 0.05) is 0 Å². The molecule has 0 saturated heterocycles. The van der Waals surface area contributed by atoms with Crippen LogP contribution in [0.3, 0.4) is 0 Å². The van der Waals surface area contributed by atoms with E-state index < -0.39 is 18.2 Å². The van der Waals surface area contributed by atoms with Crippen LogP contribution in [0.15, 0.2) is 34.6 Å². The summed E-state index contributed by atoms with van der Waals surface area (Å²) in [6.45, 7) is 0.00873. The number of ether oxygens (including phenoxy) is 2. The molecule has 0 spiro atoms. The second-order valence-electron chi connectivity index (χ2n) is 4.12. The summed E-state index contributed by atoms with van der Waals surface area (Å²) in [4.78, 5) is 22.7. The molecule has 1 aliphatic heterocycles. The van der Waals surface area contributed by atoms with Gasteiger partial charge in [-0.15, -0.1) is 0 Å². The third kappa shape index (κ3) is 3.02. The SMILES string of the molecule is COC(=O)N1CC(c2ccc(OC)cc2)N=NN1C(=O)O. The van der Waals surface area contributed by atoms with E-state index in [2.05, 4.69) is 15.1 Å². The van der Waals surface area contributed by atoms with Gasteiger partial charge in [0.1, 0.15) is 11.8 Å². The number of carboxylic acid groups (broad SMARTS) is 1. The van der Waals surface area contributed by atoms with Crippen molar-refractivity contribution in [1.29, 1.82) is 0 Å². The summed E-state index contributed by atoms with van der Waals surface area (Å²) in [6, 6.07) is 6.56. The standard InChI is InChI=1S/C12H14N4O5/c1-20-9-5-3-8(4-6-9)10-7-15(12(19)21-2)16(11(17)18)14-13-10/h3-6,10H,7H2,1-2H3,(H,17,18). The van der Waals surface area contributed by atoms with Crippen LogP contribution in [0.4, 0.5) is 9.59 Å². The maximum Gasteiger partial charge on any atom is 0.449 e. The number of carbonyl (C=O) groups is 2. The highest BCUT2D eigenvalue weighted by molar-refractivity contribution is 5.72. The summed E-state index contributed by atoms with van der Waals surface area (Å²) in [6.07, 6.45) is -2.24. The van der Waals surface area contributed by atoms with Crippen molar-refractivity contribution in [2.45, 2.75) is 6.04 Å². The first-order chi connectivity index (χ1) is 10.1. The van der Waals surface area contributed by atoms with Gasteiger partial charge in [-0.3, -0.25) is 0 Å². The minimum atomic E-state index is -1.42. The lowest BCUT2D eigenvalue weighted by Gasteiger charge is -2.31. The van der Waals surface area contributed by atoms with Crippen LogP contribution < -0.4 is 4.74 Å². The Bertz CT molecular complexity index is 559. The second-order valence-corrected chi connectivity index (χ2v) is 4.12. The summed E-state index contributed by atoms with van der Waals surface area (Å²) < 4.78 is 9.61. The zero-order chi connectivity index (χ0) is 15.4. The molecule has 0 saturated carbocycles. The molecule has 21 heavy (non-hydrogen) atoms. The van der Waals surface area contributed by atoms with Gasteiger partial charge >= 0.3 is 12.2 Å². The molecule has 1 aromatic rings. The molecule has 0 fully saturated rings. The van der Waals surface area contributed by atoms with Gasteiger partial charge < -0.3 is 14.6 Å². The van der Waals surface area contributed by atoms with Crippen molar-refractivity contribution < 1.29 is 24.2 Å². The number of methoxy groups -OCH3 is 2. The van der Waals surface area contributed by atoms with E-state index in [1.807, 2.05) is 0 Å². The van der Waals surface area contributed by atoms with Gasteiger partial charge in [0.15, 0.2) is 0 Å². The number of hydrogen-bond acceptors (Lipinski definition) is 6. The van der Waals surface area contributed by atoms with E-state index in [9.17, 15) is 9.59 Å². The lowest BCUT2D eigenvalue weighted by atomic mass is 10.1. The number of carbonyl (C=O) groups excluding carboxylic acids is 1. The van der Waals surface area contributed by atoms with Crippen LogP contribution in [0.1, 0.15) is 11.6 Å². The van der Waals surface area contributed by atoms with Crippen LogP contribution in [-0.4, -0.2) is 48.2 Å². The Labute approximate surface area is 120 Å². The number of benzene rings is 1. The van der Waals surface area contributed by atoms with E-state index >= 15 is 0 Å². The molecular weight excluding hydrogens is 280 g/mol. The lowest BCUT2D eigenvalue weighted by Crippen LogP contribution is -2.49. The Morgan fingerprint density at radius 2 is 1.95 bits per heavy atom. The van der Waals surface area contributed by atoms with E-state index in [0.29, 0.717) is 10.9 Å². The van der Waals surface area contributed by atoms with E-state index in [0.717, 1.165) is 17.7 Å². The minimum Gasteiger partial charge on any atom is -0.497 e. The molecule has 1 aromatic carbocycles. The Balaban J connectivity index is 2.24. The fourth-order valence-corrected chi connectivity index (χ4v) is 1.83. The van der Waals surface area contributed by atoms with Crippen molar-refractivity contribution in [2.75, 3.05) is 20.8 Å². The molecular formula is C12H14N4O5. The number of hydrogen-bond donors (Lipinski definition) is 1. The molecule has 1 N–H and O–H groups in total. The monoisotopic (exact) mass is 294 g/mol. The summed E-state index contributed by atoms with van der Waals surface area (Å²) >= 11 is 0. The Morgan fingerprint density at radius 1 is 1.29 bits per heavy atom. The second kappa shape index (κ2) is 6.07. The van der Waals surface area contributed by atoms with E-state index in [-0.39, 0.29) is 6.54 Å². The molecule has 2 rings (SSSR count). The first-order valence-corrected chi connectivity index (χ1v) is 6.00. The molecule has 0 aromatic heterocycles. The summed E-state index contributed by atoms with van der Waals surface area (Å²) in [5, 5.41) is 17.7. The van der Waals surface area contributed by atoms with Gasteiger partial charge in [0.25, 0.3) is 0 Å². The molecule has 1 atom stereocenters. The molecule has 1 heterocycles. The van der Waals surface area contributed by atoms with Crippen LogP contribution in [0.5, 0.6) is 5.75 Å². The van der Waals surface area contributed by atoms with Gasteiger partial charge in [0.2, 0.25) is 0 Å². The van der Waals surface area contributed by atoms with Crippen molar-refractivity contribution in [2.24, 2.45) is 10.3 Å². The van der Waals surface area contributed by atoms with Crippen LogP contribution in [0.25, 0.3) is 0 Å². The van der Waals surface area contributed by atoms with Gasteiger partial charge in [-0.05, 0) is 22.9 Å². The highest BCUT2D eigenvalue weighted by Gasteiger charge is 2.34. The summed E-state index contributed by atoms with van der Waals surface area (Å²) in [5.74, 6) is 0.684. The van der Waals surface area contributed by atoms with E-state index in [1.54, 1.807) is 31.4 Å². The Kier molecular flexibility index (Phi) is 4.21. The number of hydrazine groups is 1. The van der Waals surface area contributed by atoms with Crippen LogP contribution >= 0.6 is 0 Å². The van der Waals surface area contributed by atoms with Gasteiger partial charge in [-0.25, -0.2) is 9.59 Å². The first-order valence-electron chi connectivity index (χ1n) is 6.00. The molecule has 1 unspecified atom stereocenters. The first kappa shape index (κ1) is 14.6. The highest BCUT2D eigenvalue weighted by Crippen LogP contribution is 2.26. The molecule has 112 valence electrons. The van der Waals surface area contributed by atoms with E-state index in [4.69, 9.17) is 9.84 Å². The molecule has 9 heteroatoms. The molecule has 0 radical (unpaired) electrons. The Hall–Kier alpha value is -2.84. The molecule has 9 nitrogen and oxygen atoms in total. The number of amides is 2. The third-order valence-corrected chi connectivity index (χ3v) is 2.91. The van der Waals surface area contributed by atoms with Crippen molar-refractivity contribution >= 4 is 12.2 Å². The number of rotatable bonds is 2.